The number of rotatable bonds is 6. The van der Waals surface area contributed by atoms with Gasteiger partial charge in [-0.3, -0.25) is 4.79 Å². The van der Waals surface area contributed by atoms with Gasteiger partial charge in [0.2, 0.25) is 0 Å². The van der Waals surface area contributed by atoms with E-state index in [2.05, 4.69) is 4.74 Å². The maximum atomic E-state index is 10.9. The molecule has 0 aromatic heterocycles. The molecule has 17 heavy (non-hydrogen) atoms. The predicted octanol–water partition coefficient (Wildman–Crippen LogP) is 1.52. The van der Waals surface area contributed by atoms with Crippen LogP contribution in [-0.4, -0.2) is 25.7 Å². The second kappa shape index (κ2) is 6.91. The molecule has 0 bridgehead atoms. The molecule has 1 atom stereocenters. The molecule has 0 aliphatic heterocycles. The van der Waals surface area contributed by atoms with E-state index in [0.29, 0.717) is 6.61 Å². The Hall–Kier alpha value is -1.55. The molecule has 0 aliphatic rings. The van der Waals surface area contributed by atoms with Crippen molar-refractivity contribution in [2.24, 2.45) is 5.73 Å². The highest BCUT2D eigenvalue weighted by atomic mass is 16.5. The smallest absolute Gasteiger partial charge is 0.308 e. The minimum atomic E-state index is -0.269. The third kappa shape index (κ3) is 4.87. The molecule has 1 rings (SSSR count). The first kappa shape index (κ1) is 13.5. The van der Waals surface area contributed by atoms with Crippen LogP contribution in [-0.2, 0) is 16.0 Å². The van der Waals surface area contributed by atoms with Crippen molar-refractivity contribution in [3.05, 3.63) is 29.8 Å². The maximum absolute atomic E-state index is 10.9. The summed E-state index contributed by atoms with van der Waals surface area (Å²) in [5.41, 5.74) is 6.82. The Balaban J connectivity index is 2.54. The molecule has 1 aromatic carbocycles. The topological polar surface area (TPSA) is 61.5 Å². The Kier molecular flexibility index (Phi) is 5.49. The van der Waals surface area contributed by atoms with Gasteiger partial charge in [0.25, 0.3) is 0 Å². The Morgan fingerprint density at radius 3 is 2.76 bits per heavy atom. The largest absolute Gasteiger partial charge is 0.493 e. The van der Waals surface area contributed by atoms with Crippen LogP contribution in [0.4, 0.5) is 0 Å². The van der Waals surface area contributed by atoms with E-state index in [-0.39, 0.29) is 18.4 Å². The normalized spacial score (nSPS) is 11.9. The lowest BCUT2D eigenvalue weighted by Crippen LogP contribution is -2.18. The number of nitrogens with two attached hydrogens (primary N) is 1. The highest BCUT2D eigenvalue weighted by molar-refractivity contribution is 5.69. The zero-order valence-corrected chi connectivity index (χ0v) is 10.3. The highest BCUT2D eigenvalue weighted by Gasteiger charge is 2.06. The standard InChI is InChI=1S/C13H19NO3/c1-10(14)9-11-5-3-4-6-12(11)17-8-7-13(15)16-2/h3-6,10H,7-9,14H2,1-2H3. The fourth-order valence-electron chi connectivity index (χ4n) is 1.51. The minimum Gasteiger partial charge on any atom is -0.493 e. The summed E-state index contributed by atoms with van der Waals surface area (Å²) >= 11 is 0. The van der Waals surface area contributed by atoms with Crippen LogP contribution in [0.5, 0.6) is 5.75 Å². The van der Waals surface area contributed by atoms with Crippen LogP contribution in [0.15, 0.2) is 24.3 Å². The van der Waals surface area contributed by atoms with E-state index >= 15 is 0 Å². The number of ether oxygens (including phenoxy) is 2. The van der Waals surface area contributed by atoms with E-state index < -0.39 is 0 Å². The summed E-state index contributed by atoms with van der Waals surface area (Å²) in [5, 5.41) is 0. The van der Waals surface area contributed by atoms with Crippen molar-refractivity contribution >= 4 is 5.97 Å². The van der Waals surface area contributed by atoms with Crippen molar-refractivity contribution in [2.45, 2.75) is 25.8 Å². The van der Waals surface area contributed by atoms with Gasteiger partial charge in [0.15, 0.2) is 0 Å². The van der Waals surface area contributed by atoms with Crippen LogP contribution >= 0.6 is 0 Å². The fourth-order valence-corrected chi connectivity index (χ4v) is 1.51. The molecule has 0 spiro atoms. The average Bonchev–Trinajstić information content (AvgIpc) is 2.30. The predicted molar refractivity (Wildman–Crippen MR) is 65.9 cm³/mol. The summed E-state index contributed by atoms with van der Waals surface area (Å²) in [6, 6.07) is 7.80. The van der Waals surface area contributed by atoms with Gasteiger partial charge < -0.3 is 15.2 Å². The van der Waals surface area contributed by atoms with Gasteiger partial charge in [-0.1, -0.05) is 18.2 Å². The van der Waals surface area contributed by atoms with Crippen LogP contribution < -0.4 is 10.5 Å². The second-order valence-electron chi connectivity index (χ2n) is 3.96. The van der Waals surface area contributed by atoms with Crippen molar-refractivity contribution in [1.29, 1.82) is 0 Å². The van der Waals surface area contributed by atoms with E-state index in [9.17, 15) is 4.79 Å². The zero-order chi connectivity index (χ0) is 12.7. The van der Waals surface area contributed by atoms with E-state index in [1.165, 1.54) is 7.11 Å². The molecule has 0 saturated heterocycles. The third-order valence-corrected chi connectivity index (χ3v) is 2.31. The van der Waals surface area contributed by atoms with Crippen LogP contribution in [0.3, 0.4) is 0 Å². The number of carbonyl (C=O) groups is 1. The van der Waals surface area contributed by atoms with Crippen LogP contribution in [0.25, 0.3) is 0 Å². The summed E-state index contributed by atoms with van der Waals surface area (Å²) in [6.07, 6.45) is 1.01. The van der Waals surface area contributed by atoms with E-state index in [4.69, 9.17) is 10.5 Å². The Labute approximate surface area is 102 Å². The van der Waals surface area contributed by atoms with E-state index in [1.54, 1.807) is 0 Å². The number of benzene rings is 1. The Morgan fingerprint density at radius 2 is 2.12 bits per heavy atom. The van der Waals surface area contributed by atoms with Gasteiger partial charge in [0.1, 0.15) is 5.75 Å². The highest BCUT2D eigenvalue weighted by Crippen LogP contribution is 2.19. The molecule has 0 amide bonds. The summed E-state index contributed by atoms with van der Waals surface area (Å²) in [7, 11) is 1.37. The van der Waals surface area contributed by atoms with Gasteiger partial charge in [-0.25, -0.2) is 0 Å². The van der Waals surface area contributed by atoms with E-state index in [1.807, 2.05) is 31.2 Å². The van der Waals surface area contributed by atoms with Crippen molar-refractivity contribution in [3.8, 4) is 5.75 Å². The monoisotopic (exact) mass is 237 g/mol. The molecule has 0 aliphatic carbocycles. The van der Waals surface area contributed by atoms with Gasteiger partial charge >= 0.3 is 5.97 Å². The summed E-state index contributed by atoms with van der Waals surface area (Å²) in [5.74, 6) is 0.517. The molecule has 4 heteroatoms. The first-order valence-electron chi connectivity index (χ1n) is 5.66. The number of para-hydroxylation sites is 1. The quantitative estimate of drug-likeness (QED) is 0.762. The lowest BCUT2D eigenvalue weighted by atomic mass is 10.1. The number of hydrogen-bond donors (Lipinski definition) is 1. The summed E-state index contributed by atoms with van der Waals surface area (Å²) < 4.78 is 10.1. The van der Waals surface area contributed by atoms with Gasteiger partial charge in [-0.2, -0.15) is 0 Å². The fraction of sp³-hybridized carbons (Fsp3) is 0.462. The third-order valence-electron chi connectivity index (χ3n) is 2.31. The van der Waals surface area contributed by atoms with Gasteiger partial charge in [0.05, 0.1) is 20.1 Å². The zero-order valence-electron chi connectivity index (χ0n) is 10.3. The average molecular weight is 237 g/mol. The second-order valence-corrected chi connectivity index (χ2v) is 3.96. The molecule has 0 fully saturated rings. The molecule has 1 aromatic rings. The molecule has 94 valence electrons. The number of methoxy groups -OCH3 is 1. The number of hydrogen-bond acceptors (Lipinski definition) is 4. The molecular formula is C13H19NO3. The van der Waals surface area contributed by atoms with Crippen molar-refractivity contribution in [1.82, 2.24) is 0 Å². The lowest BCUT2D eigenvalue weighted by molar-refractivity contribution is -0.141. The first-order valence-corrected chi connectivity index (χ1v) is 5.66. The van der Waals surface area contributed by atoms with Crippen LogP contribution in [0.2, 0.25) is 0 Å². The van der Waals surface area contributed by atoms with Crippen LogP contribution in [0, 0.1) is 0 Å². The molecule has 0 heterocycles. The maximum Gasteiger partial charge on any atom is 0.308 e. The van der Waals surface area contributed by atoms with Crippen molar-refractivity contribution in [3.63, 3.8) is 0 Å². The van der Waals surface area contributed by atoms with Gasteiger partial charge in [-0.05, 0) is 25.0 Å². The number of carbonyl (C=O) groups excluding carboxylic acids is 1. The SMILES string of the molecule is COC(=O)CCOc1ccccc1CC(C)N. The molecule has 2 N–H and O–H groups in total. The summed E-state index contributed by atoms with van der Waals surface area (Å²) in [4.78, 5) is 10.9. The molecular weight excluding hydrogens is 218 g/mol. The van der Waals surface area contributed by atoms with E-state index in [0.717, 1.165) is 17.7 Å². The molecule has 4 nitrogen and oxygen atoms in total. The lowest BCUT2D eigenvalue weighted by Gasteiger charge is -2.12. The van der Waals surface area contributed by atoms with Crippen LogP contribution in [0.1, 0.15) is 18.9 Å². The van der Waals surface area contributed by atoms with Gasteiger partial charge in [-0.15, -0.1) is 0 Å². The summed E-state index contributed by atoms with van der Waals surface area (Å²) in [6.45, 7) is 2.27. The number of esters is 1. The Morgan fingerprint density at radius 1 is 1.41 bits per heavy atom. The first-order chi connectivity index (χ1) is 8.13. The van der Waals surface area contributed by atoms with Crippen molar-refractivity contribution < 1.29 is 14.3 Å². The molecule has 0 saturated carbocycles. The van der Waals surface area contributed by atoms with Crippen molar-refractivity contribution in [2.75, 3.05) is 13.7 Å². The minimum absolute atomic E-state index is 0.0837. The Bertz CT molecular complexity index is 363. The van der Waals surface area contributed by atoms with Gasteiger partial charge in [0, 0.05) is 6.04 Å². The molecule has 1 unspecified atom stereocenters. The molecule has 0 radical (unpaired) electrons.